The van der Waals surface area contributed by atoms with Crippen molar-refractivity contribution in [3.8, 4) is 0 Å². The number of hydrogen-bond donors (Lipinski definition) is 5. The predicted octanol–water partition coefficient (Wildman–Crippen LogP) is -2.28. The first-order chi connectivity index (χ1) is 6.35. The molecule has 0 unspecified atom stereocenters. The molecule has 0 rings (SSSR count). The zero-order chi connectivity index (χ0) is 11.6. The van der Waals surface area contributed by atoms with E-state index in [1.165, 1.54) is 0 Å². The second-order valence-electron chi connectivity index (χ2n) is 2.39. The van der Waals surface area contributed by atoms with Gasteiger partial charge in [0.15, 0.2) is 0 Å². The van der Waals surface area contributed by atoms with Gasteiger partial charge >= 0.3 is 37.4 Å². The number of likely N-dealkylation sites (N-methyl/N-ethyl adjacent to an activating group) is 1. The van der Waals surface area contributed by atoms with Crippen LogP contribution >= 0.6 is 7.82 Å². The summed E-state index contributed by atoms with van der Waals surface area (Å²) in [6.07, 6.45) is 0. The molecule has 0 spiro atoms. The summed E-state index contributed by atoms with van der Waals surface area (Å²) in [5, 5.41) is 16.9. The molecule has 0 aromatic heterocycles. The van der Waals surface area contributed by atoms with E-state index in [-0.39, 0.29) is 42.8 Å². The number of phosphoric acid groups is 1. The molecule has 90 valence electrons. The van der Waals surface area contributed by atoms with Crippen molar-refractivity contribution in [1.82, 2.24) is 4.90 Å². The van der Waals surface area contributed by atoms with Gasteiger partial charge in [0, 0.05) is 13.1 Å². The summed E-state index contributed by atoms with van der Waals surface area (Å²) in [5.74, 6) is 0. The molecule has 15 heavy (non-hydrogen) atoms. The van der Waals surface area contributed by atoms with Gasteiger partial charge in [-0.05, 0) is 6.54 Å². The number of rotatable bonds is 5. The Kier molecular flexibility index (Phi) is 18.5. The third-order valence-corrected chi connectivity index (χ3v) is 1.28. The second kappa shape index (κ2) is 13.1. The molecule has 0 saturated heterocycles. The zero-order valence-corrected chi connectivity index (χ0v) is 8.97. The van der Waals surface area contributed by atoms with Crippen LogP contribution in [0, 0.1) is 0 Å². The van der Waals surface area contributed by atoms with Crippen LogP contribution < -0.4 is 0 Å². The van der Waals surface area contributed by atoms with E-state index in [1.54, 1.807) is 0 Å². The van der Waals surface area contributed by atoms with Crippen molar-refractivity contribution < 1.29 is 29.5 Å². The van der Waals surface area contributed by atoms with Crippen LogP contribution in [0.5, 0.6) is 0 Å². The fourth-order valence-electron chi connectivity index (χ4n) is 0.711. The van der Waals surface area contributed by atoms with Crippen LogP contribution in [-0.2, 0) is 4.57 Å². The standard InChI is InChI=1S/C6H15NO2.Na.H3O4P.H/c1-2-7(3-5-8)4-6-9;;1-5(2,3)4;/h8-9H,2-6H2,1H3;;(H3,1,2,3,4);. The maximum atomic E-state index is 8.88. The van der Waals surface area contributed by atoms with E-state index >= 15 is 0 Å². The van der Waals surface area contributed by atoms with Crippen LogP contribution in [0.15, 0.2) is 0 Å². The van der Waals surface area contributed by atoms with Crippen LogP contribution in [0.3, 0.4) is 0 Å². The Hall–Kier alpha value is 0.990. The summed E-state index contributed by atoms with van der Waals surface area (Å²) >= 11 is 0. The van der Waals surface area contributed by atoms with Crippen molar-refractivity contribution in [3.05, 3.63) is 0 Å². The van der Waals surface area contributed by atoms with Crippen LogP contribution in [0.2, 0.25) is 0 Å². The van der Waals surface area contributed by atoms with Gasteiger partial charge in [0.1, 0.15) is 0 Å². The molecule has 7 nitrogen and oxygen atoms in total. The molecule has 0 aliphatic heterocycles. The first kappa shape index (κ1) is 21.3. The molecule has 0 radical (unpaired) electrons. The first-order valence-electron chi connectivity index (χ1n) is 4.07. The molecule has 0 heterocycles. The SMILES string of the molecule is CCN(CCO)CCO.O=P(O)(O)O.[NaH]. The molecule has 0 fully saturated rings. The summed E-state index contributed by atoms with van der Waals surface area (Å²) in [7, 11) is -4.64. The molecule has 5 N–H and O–H groups in total. The topological polar surface area (TPSA) is 121 Å². The molecule has 0 bridgehead atoms. The van der Waals surface area contributed by atoms with Gasteiger partial charge in [-0.15, -0.1) is 0 Å². The summed E-state index contributed by atoms with van der Waals surface area (Å²) in [4.78, 5) is 23.5. The van der Waals surface area contributed by atoms with Crippen molar-refractivity contribution in [3.63, 3.8) is 0 Å². The maximum absolute atomic E-state index is 8.88. The van der Waals surface area contributed by atoms with Gasteiger partial charge in [-0.3, -0.25) is 4.90 Å². The summed E-state index contributed by atoms with van der Waals surface area (Å²) in [6, 6.07) is 0. The van der Waals surface area contributed by atoms with E-state index in [0.29, 0.717) is 13.1 Å². The van der Waals surface area contributed by atoms with E-state index in [2.05, 4.69) is 0 Å². The molecule has 9 heteroatoms. The number of nitrogens with zero attached hydrogens (tertiary/aromatic N) is 1. The Morgan fingerprint density at radius 2 is 1.33 bits per heavy atom. The molecular formula is C6H19NNaO6P. The van der Waals surface area contributed by atoms with Crippen LogP contribution in [0.25, 0.3) is 0 Å². The van der Waals surface area contributed by atoms with E-state index in [4.69, 9.17) is 29.5 Å². The second-order valence-corrected chi connectivity index (χ2v) is 3.42. The summed E-state index contributed by atoms with van der Waals surface area (Å²) in [6.45, 7) is 4.57. The Balaban J connectivity index is -0.000000208. The van der Waals surface area contributed by atoms with Crippen molar-refractivity contribution in [1.29, 1.82) is 0 Å². The van der Waals surface area contributed by atoms with Gasteiger partial charge in [0.05, 0.1) is 13.2 Å². The minimum absolute atomic E-state index is 0. The summed E-state index contributed by atoms with van der Waals surface area (Å²) in [5.41, 5.74) is 0. The Morgan fingerprint density at radius 3 is 1.47 bits per heavy atom. The predicted molar refractivity (Wildman–Crippen MR) is 57.7 cm³/mol. The fourth-order valence-corrected chi connectivity index (χ4v) is 0.711. The summed E-state index contributed by atoms with van der Waals surface area (Å²) < 4.78 is 8.88. The average Bonchev–Trinajstić information content (AvgIpc) is 2.01. The number of aliphatic hydroxyl groups is 2. The van der Waals surface area contributed by atoms with Crippen molar-refractivity contribution in [2.24, 2.45) is 0 Å². The third kappa shape index (κ3) is 31.3. The number of aliphatic hydroxyl groups excluding tert-OH is 2. The Bertz CT molecular complexity index is 151. The third-order valence-electron chi connectivity index (χ3n) is 1.28. The van der Waals surface area contributed by atoms with Crippen LogP contribution in [0.4, 0.5) is 0 Å². The normalized spacial score (nSPS) is 10.3. The molecule has 0 aromatic carbocycles. The van der Waals surface area contributed by atoms with Gasteiger partial charge in [-0.2, -0.15) is 0 Å². The van der Waals surface area contributed by atoms with E-state index in [1.807, 2.05) is 11.8 Å². The van der Waals surface area contributed by atoms with Crippen molar-refractivity contribution >= 4 is 37.4 Å². The van der Waals surface area contributed by atoms with E-state index < -0.39 is 7.82 Å². The monoisotopic (exact) mass is 255 g/mol. The minimum atomic E-state index is -4.64. The molecule has 0 aromatic rings. The van der Waals surface area contributed by atoms with Gasteiger partial charge in [-0.1, -0.05) is 6.92 Å². The van der Waals surface area contributed by atoms with Gasteiger partial charge in [0.2, 0.25) is 0 Å². The van der Waals surface area contributed by atoms with Crippen LogP contribution in [0.1, 0.15) is 6.92 Å². The van der Waals surface area contributed by atoms with Gasteiger partial charge in [0.25, 0.3) is 0 Å². The van der Waals surface area contributed by atoms with Gasteiger partial charge in [-0.25, -0.2) is 4.57 Å². The molecular weight excluding hydrogens is 236 g/mol. The Labute approximate surface area is 111 Å². The quantitative estimate of drug-likeness (QED) is 0.277. The van der Waals surface area contributed by atoms with Crippen molar-refractivity contribution in [2.45, 2.75) is 6.92 Å². The zero-order valence-electron chi connectivity index (χ0n) is 8.07. The van der Waals surface area contributed by atoms with E-state index in [0.717, 1.165) is 6.54 Å². The fraction of sp³-hybridized carbons (Fsp3) is 1.00. The molecule has 0 aliphatic rings. The molecule has 0 saturated carbocycles. The molecule has 0 atom stereocenters. The molecule has 0 amide bonds. The number of hydrogen-bond acceptors (Lipinski definition) is 4. The molecule has 0 aliphatic carbocycles. The van der Waals surface area contributed by atoms with Crippen LogP contribution in [-0.4, -0.2) is 92.2 Å². The average molecular weight is 255 g/mol. The van der Waals surface area contributed by atoms with Crippen molar-refractivity contribution in [2.75, 3.05) is 32.8 Å². The Morgan fingerprint density at radius 1 is 1.07 bits per heavy atom. The van der Waals surface area contributed by atoms with E-state index in [9.17, 15) is 0 Å². The first-order valence-corrected chi connectivity index (χ1v) is 5.64. The van der Waals surface area contributed by atoms with Gasteiger partial charge < -0.3 is 24.9 Å².